The molecule has 0 saturated carbocycles. The number of carbonyl (C=O) groups is 3. The second-order valence-corrected chi connectivity index (χ2v) is 8.41. The van der Waals surface area contributed by atoms with Gasteiger partial charge in [0.15, 0.2) is 0 Å². The minimum Gasteiger partial charge on any atom is -0.494 e. The van der Waals surface area contributed by atoms with Crippen molar-refractivity contribution < 1.29 is 23.9 Å². The number of benzene rings is 4. The Morgan fingerprint density at radius 2 is 1.66 bits per heavy atom. The van der Waals surface area contributed by atoms with Gasteiger partial charge in [0.2, 0.25) is 0 Å². The lowest BCUT2D eigenvalue weighted by molar-refractivity contribution is -0.120. The summed E-state index contributed by atoms with van der Waals surface area (Å²) in [5.74, 6) is -0.652. The smallest absolute Gasteiger partial charge is 0.343 e. The molecule has 9 heteroatoms. The first-order valence-corrected chi connectivity index (χ1v) is 12.2. The molecule has 0 radical (unpaired) electrons. The average Bonchev–Trinajstić information content (AvgIpc) is 2.93. The summed E-state index contributed by atoms with van der Waals surface area (Å²) < 4.78 is 11.1. The molecule has 4 aromatic carbocycles. The molecule has 0 heterocycles. The number of esters is 1. The number of nitrogens with one attached hydrogen (secondary N) is 2. The third kappa shape index (κ3) is 6.54. The summed E-state index contributed by atoms with van der Waals surface area (Å²) in [6.45, 7) is 2.09. The predicted molar refractivity (Wildman–Crippen MR) is 146 cm³/mol. The number of rotatable bonds is 9. The SMILES string of the molecule is CCOc1ccc(C(=O)Oc2ccc3ccccc3c2/C=N/NC(=O)CNC(=O)c2ccccc2Cl)cc1. The molecule has 38 heavy (non-hydrogen) atoms. The second-order valence-electron chi connectivity index (χ2n) is 8.00. The first-order chi connectivity index (χ1) is 18.5. The Morgan fingerprint density at radius 1 is 0.921 bits per heavy atom. The molecule has 0 aliphatic heterocycles. The molecular weight excluding hydrogens is 506 g/mol. The van der Waals surface area contributed by atoms with Crippen molar-refractivity contribution in [2.24, 2.45) is 5.10 Å². The summed E-state index contributed by atoms with van der Waals surface area (Å²) in [5, 5.41) is 8.47. The monoisotopic (exact) mass is 529 g/mol. The molecule has 0 spiro atoms. The Morgan fingerprint density at radius 3 is 2.42 bits per heavy atom. The molecule has 4 aromatic rings. The highest BCUT2D eigenvalue weighted by atomic mass is 35.5. The van der Waals surface area contributed by atoms with Gasteiger partial charge in [-0.05, 0) is 60.2 Å². The van der Waals surface area contributed by atoms with Crippen molar-refractivity contribution >= 4 is 46.4 Å². The van der Waals surface area contributed by atoms with E-state index in [1.807, 2.05) is 37.3 Å². The van der Waals surface area contributed by atoms with Crippen LogP contribution in [0, 0.1) is 0 Å². The van der Waals surface area contributed by atoms with Gasteiger partial charge in [-0.2, -0.15) is 5.10 Å². The fourth-order valence-corrected chi connectivity index (χ4v) is 3.84. The van der Waals surface area contributed by atoms with Crippen LogP contribution >= 0.6 is 11.6 Å². The third-order valence-corrected chi connectivity index (χ3v) is 5.77. The van der Waals surface area contributed by atoms with E-state index in [2.05, 4.69) is 15.8 Å². The lowest BCUT2D eigenvalue weighted by Crippen LogP contribution is -2.35. The number of hydrogen-bond acceptors (Lipinski definition) is 6. The third-order valence-electron chi connectivity index (χ3n) is 5.45. The van der Waals surface area contributed by atoms with Gasteiger partial charge in [-0.3, -0.25) is 9.59 Å². The van der Waals surface area contributed by atoms with Crippen molar-refractivity contribution in [1.29, 1.82) is 0 Å². The van der Waals surface area contributed by atoms with E-state index < -0.39 is 17.8 Å². The average molecular weight is 530 g/mol. The van der Waals surface area contributed by atoms with Crippen LogP contribution in [-0.2, 0) is 4.79 Å². The molecule has 4 rings (SSSR count). The first kappa shape index (κ1) is 26.4. The van der Waals surface area contributed by atoms with Crippen LogP contribution in [0.2, 0.25) is 5.02 Å². The van der Waals surface area contributed by atoms with Crippen molar-refractivity contribution in [3.63, 3.8) is 0 Å². The number of hydrazone groups is 1. The van der Waals surface area contributed by atoms with E-state index in [0.717, 1.165) is 10.8 Å². The topological polar surface area (TPSA) is 106 Å². The van der Waals surface area contributed by atoms with Crippen molar-refractivity contribution in [2.75, 3.05) is 13.2 Å². The van der Waals surface area contributed by atoms with Crippen LogP contribution < -0.4 is 20.2 Å². The van der Waals surface area contributed by atoms with Gasteiger partial charge in [-0.25, -0.2) is 10.2 Å². The molecule has 0 aliphatic rings. The summed E-state index contributed by atoms with van der Waals surface area (Å²) in [4.78, 5) is 37.3. The molecule has 0 aromatic heterocycles. The van der Waals surface area contributed by atoms with E-state index in [1.165, 1.54) is 6.21 Å². The fraction of sp³-hybridized carbons (Fsp3) is 0.103. The Balaban J connectivity index is 1.46. The van der Waals surface area contributed by atoms with Gasteiger partial charge in [-0.1, -0.05) is 54.1 Å². The molecule has 0 unspecified atom stereocenters. The molecule has 0 saturated heterocycles. The maximum atomic E-state index is 12.8. The minimum atomic E-state index is -0.552. The normalized spacial score (nSPS) is 10.8. The number of halogens is 1. The van der Waals surface area contributed by atoms with Crippen molar-refractivity contribution in [2.45, 2.75) is 6.92 Å². The van der Waals surface area contributed by atoms with Crippen molar-refractivity contribution in [3.05, 3.63) is 107 Å². The van der Waals surface area contributed by atoms with E-state index >= 15 is 0 Å². The number of ether oxygens (including phenoxy) is 2. The molecule has 0 bridgehead atoms. The van der Waals surface area contributed by atoms with Gasteiger partial charge in [0.05, 0.1) is 35.5 Å². The van der Waals surface area contributed by atoms with E-state index in [0.29, 0.717) is 23.5 Å². The van der Waals surface area contributed by atoms with Crippen LogP contribution in [-0.4, -0.2) is 37.1 Å². The second kappa shape index (κ2) is 12.5. The molecular formula is C29H24ClN3O5. The van der Waals surface area contributed by atoms with Crippen LogP contribution in [0.1, 0.15) is 33.2 Å². The number of hydrogen-bond donors (Lipinski definition) is 2. The van der Waals surface area contributed by atoms with Gasteiger partial charge in [0.1, 0.15) is 11.5 Å². The van der Waals surface area contributed by atoms with Gasteiger partial charge in [0.25, 0.3) is 11.8 Å². The van der Waals surface area contributed by atoms with Gasteiger partial charge < -0.3 is 14.8 Å². The maximum Gasteiger partial charge on any atom is 0.343 e. The minimum absolute atomic E-state index is 0.264. The van der Waals surface area contributed by atoms with Crippen LogP contribution in [0.4, 0.5) is 0 Å². The Hall–Kier alpha value is -4.69. The lowest BCUT2D eigenvalue weighted by Gasteiger charge is -2.11. The Kier molecular flexibility index (Phi) is 8.69. The molecule has 0 fully saturated rings. The van der Waals surface area contributed by atoms with E-state index in [9.17, 15) is 14.4 Å². The van der Waals surface area contributed by atoms with Crippen molar-refractivity contribution in [1.82, 2.24) is 10.7 Å². The lowest BCUT2D eigenvalue weighted by atomic mass is 10.0. The van der Waals surface area contributed by atoms with E-state index in [4.69, 9.17) is 21.1 Å². The van der Waals surface area contributed by atoms with E-state index in [1.54, 1.807) is 54.6 Å². The Bertz CT molecular complexity index is 1500. The summed E-state index contributed by atoms with van der Waals surface area (Å²) in [5.41, 5.74) is 3.50. The highest BCUT2D eigenvalue weighted by molar-refractivity contribution is 6.33. The zero-order valence-electron chi connectivity index (χ0n) is 20.4. The largest absolute Gasteiger partial charge is 0.494 e. The predicted octanol–water partition coefficient (Wildman–Crippen LogP) is 4.99. The fourth-order valence-electron chi connectivity index (χ4n) is 3.62. The first-order valence-electron chi connectivity index (χ1n) is 11.8. The summed E-state index contributed by atoms with van der Waals surface area (Å²) in [6.07, 6.45) is 1.40. The number of amides is 2. The molecule has 192 valence electrons. The van der Waals surface area contributed by atoms with E-state index in [-0.39, 0.29) is 22.9 Å². The highest BCUT2D eigenvalue weighted by Crippen LogP contribution is 2.27. The summed E-state index contributed by atoms with van der Waals surface area (Å²) in [7, 11) is 0. The van der Waals surface area contributed by atoms with Gasteiger partial charge >= 0.3 is 5.97 Å². The van der Waals surface area contributed by atoms with Crippen molar-refractivity contribution in [3.8, 4) is 11.5 Å². The summed E-state index contributed by atoms with van der Waals surface area (Å²) in [6, 6.07) is 24.2. The molecule has 8 nitrogen and oxygen atoms in total. The summed E-state index contributed by atoms with van der Waals surface area (Å²) >= 11 is 6.02. The van der Waals surface area contributed by atoms with Crippen LogP contribution in [0.15, 0.2) is 90.0 Å². The number of nitrogens with zero attached hydrogens (tertiary/aromatic N) is 1. The Labute approximate surface area is 224 Å². The zero-order valence-corrected chi connectivity index (χ0v) is 21.2. The quantitative estimate of drug-likeness (QED) is 0.137. The maximum absolute atomic E-state index is 12.8. The zero-order chi connectivity index (χ0) is 26.9. The molecule has 2 amide bonds. The van der Waals surface area contributed by atoms with Crippen LogP contribution in [0.25, 0.3) is 10.8 Å². The standard InChI is InChI=1S/C29H24ClN3O5/c1-2-37-21-14-11-20(12-15-21)29(36)38-26-16-13-19-7-3-4-8-22(19)24(26)17-32-33-27(34)18-31-28(35)23-9-5-6-10-25(23)30/h3-17H,2,18H2,1H3,(H,31,35)(H,33,34)/b32-17+. The molecule has 0 atom stereocenters. The van der Waals surface area contributed by atoms with Crippen LogP contribution in [0.3, 0.4) is 0 Å². The van der Waals surface area contributed by atoms with Crippen LogP contribution in [0.5, 0.6) is 11.5 Å². The molecule has 0 aliphatic carbocycles. The number of carbonyl (C=O) groups excluding carboxylic acids is 3. The highest BCUT2D eigenvalue weighted by Gasteiger charge is 2.14. The van der Waals surface area contributed by atoms with Gasteiger partial charge in [0, 0.05) is 5.56 Å². The number of fused-ring (bicyclic) bond motifs is 1. The molecule has 2 N–H and O–H groups in total. The van der Waals surface area contributed by atoms with Gasteiger partial charge in [-0.15, -0.1) is 0 Å².